The van der Waals surface area contributed by atoms with Crippen LogP contribution in [0.15, 0.2) is 22.7 Å². The van der Waals surface area contributed by atoms with E-state index >= 15 is 0 Å². The summed E-state index contributed by atoms with van der Waals surface area (Å²) in [6.07, 6.45) is 1.97. The number of carbonyl (C=O) groups excluding carboxylic acids is 1. The molecular weight excluding hydrogens is 313 g/mol. The molecule has 2 atom stereocenters. The lowest BCUT2D eigenvalue weighted by Crippen LogP contribution is -2.37. The van der Waals surface area contributed by atoms with E-state index in [1.807, 2.05) is 0 Å². The third-order valence-electron chi connectivity index (χ3n) is 3.36. The first kappa shape index (κ1) is 14.5. The fourth-order valence-corrected chi connectivity index (χ4v) is 3.05. The normalized spacial score (nSPS) is 20.6. The standard InChI is InChI=1S/C14H17BrFNO2/c1-9(18)5-13-3-2-4-17(13)14(19)10-6-11(15)8-12(16)7-10/h6-9,13,18H,2-5H2,1H3. The van der Waals surface area contributed by atoms with Crippen molar-refractivity contribution in [2.45, 2.75) is 38.3 Å². The Balaban J connectivity index is 2.18. The van der Waals surface area contributed by atoms with E-state index in [0.29, 0.717) is 23.0 Å². The van der Waals surface area contributed by atoms with E-state index in [-0.39, 0.29) is 11.9 Å². The Labute approximate surface area is 120 Å². The van der Waals surface area contributed by atoms with Gasteiger partial charge in [0.05, 0.1) is 6.10 Å². The Morgan fingerprint density at radius 1 is 1.58 bits per heavy atom. The molecule has 1 saturated heterocycles. The van der Waals surface area contributed by atoms with Crippen LogP contribution in [0.25, 0.3) is 0 Å². The summed E-state index contributed by atoms with van der Waals surface area (Å²) in [7, 11) is 0. The van der Waals surface area contributed by atoms with Gasteiger partial charge in [-0.25, -0.2) is 4.39 Å². The van der Waals surface area contributed by atoms with E-state index in [1.165, 1.54) is 12.1 Å². The second kappa shape index (κ2) is 6.01. The average Bonchev–Trinajstić information content (AvgIpc) is 2.73. The highest BCUT2D eigenvalue weighted by molar-refractivity contribution is 9.10. The molecule has 104 valence electrons. The molecule has 1 amide bonds. The lowest BCUT2D eigenvalue weighted by Gasteiger charge is -2.25. The van der Waals surface area contributed by atoms with Crippen molar-refractivity contribution >= 4 is 21.8 Å². The number of hydrogen-bond donors (Lipinski definition) is 1. The molecule has 0 spiro atoms. The molecule has 1 aliphatic rings. The molecule has 0 aliphatic carbocycles. The fraction of sp³-hybridized carbons (Fsp3) is 0.500. The number of aliphatic hydroxyl groups excluding tert-OH is 1. The molecule has 1 N–H and O–H groups in total. The number of likely N-dealkylation sites (tertiary alicyclic amines) is 1. The number of hydrogen-bond acceptors (Lipinski definition) is 2. The largest absolute Gasteiger partial charge is 0.393 e. The molecule has 0 saturated carbocycles. The summed E-state index contributed by atoms with van der Waals surface area (Å²) in [6.45, 7) is 2.39. The molecule has 2 rings (SSSR count). The predicted octanol–water partition coefficient (Wildman–Crippen LogP) is 2.96. The van der Waals surface area contributed by atoms with Crippen molar-refractivity contribution in [3.8, 4) is 0 Å². The third-order valence-corrected chi connectivity index (χ3v) is 3.82. The SMILES string of the molecule is CC(O)CC1CCCN1C(=O)c1cc(F)cc(Br)c1. The van der Waals surface area contributed by atoms with Gasteiger partial charge in [-0.05, 0) is 44.4 Å². The minimum absolute atomic E-state index is 0.0505. The second-order valence-electron chi connectivity index (χ2n) is 5.04. The van der Waals surface area contributed by atoms with Gasteiger partial charge in [-0.2, -0.15) is 0 Å². The summed E-state index contributed by atoms with van der Waals surface area (Å²) in [4.78, 5) is 14.1. The van der Waals surface area contributed by atoms with Gasteiger partial charge in [-0.3, -0.25) is 4.79 Å². The maximum Gasteiger partial charge on any atom is 0.254 e. The van der Waals surface area contributed by atoms with E-state index in [2.05, 4.69) is 15.9 Å². The molecule has 2 unspecified atom stereocenters. The minimum Gasteiger partial charge on any atom is -0.393 e. The van der Waals surface area contributed by atoms with Crippen LogP contribution in [0.2, 0.25) is 0 Å². The van der Waals surface area contributed by atoms with Crippen LogP contribution >= 0.6 is 15.9 Å². The van der Waals surface area contributed by atoms with Gasteiger partial charge in [0, 0.05) is 22.6 Å². The maximum absolute atomic E-state index is 13.3. The molecule has 19 heavy (non-hydrogen) atoms. The zero-order chi connectivity index (χ0) is 14.0. The lowest BCUT2D eigenvalue weighted by molar-refractivity contribution is 0.0681. The number of rotatable bonds is 3. The average molecular weight is 330 g/mol. The quantitative estimate of drug-likeness (QED) is 0.926. The highest BCUT2D eigenvalue weighted by atomic mass is 79.9. The van der Waals surface area contributed by atoms with Gasteiger partial charge in [0.2, 0.25) is 0 Å². The molecule has 3 nitrogen and oxygen atoms in total. The van der Waals surface area contributed by atoms with E-state index in [0.717, 1.165) is 12.8 Å². The molecule has 1 aromatic rings. The van der Waals surface area contributed by atoms with Crippen LogP contribution in [0.4, 0.5) is 4.39 Å². The summed E-state index contributed by atoms with van der Waals surface area (Å²) in [5.41, 5.74) is 0.351. The monoisotopic (exact) mass is 329 g/mol. The summed E-state index contributed by atoms with van der Waals surface area (Å²) >= 11 is 3.19. The van der Waals surface area contributed by atoms with Crippen molar-refractivity contribution in [2.75, 3.05) is 6.54 Å². The smallest absolute Gasteiger partial charge is 0.254 e. The van der Waals surface area contributed by atoms with Crippen LogP contribution in [0, 0.1) is 5.82 Å². The number of nitrogens with zero attached hydrogens (tertiary/aromatic N) is 1. The number of aliphatic hydroxyl groups is 1. The van der Waals surface area contributed by atoms with Gasteiger partial charge in [0.1, 0.15) is 5.82 Å². The molecule has 1 aliphatic heterocycles. The Kier molecular flexibility index (Phi) is 4.58. The van der Waals surface area contributed by atoms with Gasteiger partial charge < -0.3 is 10.0 Å². The molecular formula is C14H17BrFNO2. The lowest BCUT2D eigenvalue weighted by atomic mass is 10.1. The predicted molar refractivity (Wildman–Crippen MR) is 74.5 cm³/mol. The van der Waals surface area contributed by atoms with Crippen molar-refractivity contribution < 1.29 is 14.3 Å². The molecule has 0 radical (unpaired) electrons. The second-order valence-corrected chi connectivity index (χ2v) is 5.95. The van der Waals surface area contributed by atoms with Gasteiger partial charge in [-0.15, -0.1) is 0 Å². The maximum atomic E-state index is 13.3. The molecule has 0 aromatic heterocycles. The van der Waals surface area contributed by atoms with Gasteiger partial charge in [0.15, 0.2) is 0 Å². The van der Waals surface area contributed by atoms with E-state index in [4.69, 9.17) is 0 Å². The van der Waals surface area contributed by atoms with Crippen molar-refractivity contribution in [3.63, 3.8) is 0 Å². The van der Waals surface area contributed by atoms with Gasteiger partial charge in [0.25, 0.3) is 5.91 Å². The van der Waals surface area contributed by atoms with Gasteiger partial charge in [-0.1, -0.05) is 15.9 Å². The summed E-state index contributed by atoms with van der Waals surface area (Å²) in [5.74, 6) is -0.590. The number of amides is 1. The van der Waals surface area contributed by atoms with Crippen LogP contribution < -0.4 is 0 Å². The number of benzene rings is 1. The first-order chi connectivity index (χ1) is 8.97. The van der Waals surface area contributed by atoms with Crippen molar-refractivity contribution in [1.29, 1.82) is 0 Å². The van der Waals surface area contributed by atoms with Crippen LogP contribution in [0.3, 0.4) is 0 Å². The highest BCUT2D eigenvalue weighted by Gasteiger charge is 2.30. The van der Waals surface area contributed by atoms with Crippen molar-refractivity contribution in [3.05, 3.63) is 34.1 Å². The summed E-state index contributed by atoms with van der Waals surface area (Å²) in [6, 6.07) is 4.26. The summed E-state index contributed by atoms with van der Waals surface area (Å²) in [5, 5.41) is 9.47. The fourth-order valence-electron chi connectivity index (χ4n) is 2.59. The zero-order valence-electron chi connectivity index (χ0n) is 10.8. The van der Waals surface area contributed by atoms with Crippen LogP contribution in [-0.2, 0) is 0 Å². The first-order valence-electron chi connectivity index (χ1n) is 6.42. The van der Waals surface area contributed by atoms with Crippen LogP contribution in [0.1, 0.15) is 36.5 Å². The van der Waals surface area contributed by atoms with E-state index < -0.39 is 11.9 Å². The first-order valence-corrected chi connectivity index (χ1v) is 7.22. The Morgan fingerprint density at radius 2 is 2.32 bits per heavy atom. The molecule has 1 aromatic carbocycles. The highest BCUT2D eigenvalue weighted by Crippen LogP contribution is 2.25. The number of halogens is 2. The van der Waals surface area contributed by atoms with Crippen LogP contribution in [-0.4, -0.2) is 34.6 Å². The summed E-state index contributed by atoms with van der Waals surface area (Å²) < 4.78 is 13.9. The Hall–Kier alpha value is -0.940. The van der Waals surface area contributed by atoms with Crippen molar-refractivity contribution in [2.24, 2.45) is 0 Å². The van der Waals surface area contributed by atoms with Crippen LogP contribution in [0.5, 0.6) is 0 Å². The van der Waals surface area contributed by atoms with Crippen molar-refractivity contribution in [1.82, 2.24) is 4.90 Å². The zero-order valence-corrected chi connectivity index (χ0v) is 12.4. The molecule has 1 heterocycles. The Bertz CT molecular complexity index is 458. The van der Waals surface area contributed by atoms with E-state index in [1.54, 1.807) is 17.9 Å². The number of carbonyl (C=O) groups is 1. The Morgan fingerprint density at radius 3 is 2.95 bits per heavy atom. The minimum atomic E-state index is -0.433. The topological polar surface area (TPSA) is 40.5 Å². The third kappa shape index (κ3) is 3.54. The molecule has 5 heteroatoms. The van der Waals surface area contributed by atoms with Gasteiger partial charge >= 0.3 is 0 Å². The molecule has 0 bridgehead atoms. The molecule has 1 fully saturated rings. The van der Waals surface area contributed by atoms with E-state index in [9.17, 15) is 14.3 Å².